The first-order chi connectivity index (χ1) is 9.44. The number of nitrogens with zero attached hydrogens (tertiary/aromatic N) is 4. The molecule has 6 heteroatoms. The van der Waals surface area contributed by atoms with Gasteiger partial charge in [-0.1, -0.05) is 0 Å². The molecule has 1 rings (SSSR count). The van der Waals surface area contributed by atoms with Crippen LogP contribution in [0.2, 0.25) is 0 Å². The van der Waals surface area contributed by atoms with Crippen LogP contribution in [-0.4, -0.2) is 0 Å². The minimum absolute atomic E-state index is 0.0151. The van der Waals surface area contributed by atoms with Crippen molar-refractivity contribution in [2.45, 2.75) is 13.8 Å². The van der Waals surface area contributed by atoms with Crippen LogP contribution in [0.5, 0.6) is 0 Å². The molecule has 0 spiro atoms. The van der Waals surface area contributed by atoms with Gasteiger partial charge >= 0.3 is 0 Å². The first kappa shape index (κ1) is 15.8. The monoisotopic (exact) mass is 296 g/mol. The van der Waals surface area contributed by atoms with Crippen LogP contribution in [0.25, 0.3) is 11.1 Å². The van der Waals surface area contributed by atoms with Gasteiger partial charge in [-0.15, -0.1) is 18.5 Å². The molecule has 0 aliphatic carbocycles. The van der Waals surface area contributed by atoms with Crippen LogP contribution < -0.4 is 21.0 Å². The van der Waals surface area contributed by atoms with E-state index in [1.54, 1.807) is 13.8 Å². The number of benzene rings is 1. The van der Waals surface area contributed by atoms with Gasteiger partial charge in [-0.2, -0.15) is 21.0 Å². The summed E-state index contributed by atoms with van der Waals surface area (Å²) in [7, 11) is 4.95. The summed E-state index contributed by atoms with van der Waals surface area (Å²) in [6.45, 7) is 3.54. The summed E-state index contributed by atoms with van der Waals surface area (Å²) in [6, 6.07) is 7.51. The molecule has 0 amide bonds. The van der Waals surface area contributed by atoms with E-state index in [0.29, 0.717) is 21.0 Å². The van der Waals surface area contributed by atoms with Crippen molar-refractivity contribution in [1.29, 1.82) is 21.0 Å². The molecule has 4 nitrogen and oxygen atoms in total. The summed E-state index contributed by atoms with van der Waals surface area (Å²) < 4.78 is 0. The third kappa shape index (κ3) is 2.42. The van der Waals surface area contributed by atoms with Crippen molar-refractivity contribution in [3.8, 4) is 24.3 Å². The number of hydrogen-bond donors (Lipinski definition) is 0. The lowest BCUT2D eigenvalue weighted by Crippen LogP contribution is -2.44. The number of hydrogen-bond acceptors (Lipinski definition) is 4. The number of nitriles is 4. The molecule has 20 heavy (non-hydrogen) atoms. The van der Waals surface area contributed by atoms with Gasteiger partial charge in [0.1, 0.15) is 35.4 Å². The van der Waals surface area contributed by atoms with Crippen LogP contribution >= 0.6 is 18.5 Å². The van der Waals surface area contributed by atoms with Crippen molar-refractivity contribution in [2.75, 3.05) is 0 Å². The molecule has 2 unspecified atom stereocenters. The molecule has 96 valence electrons. The fourth-order valence-corrected chi connectivity index (χ4v) is 2.98. The predicted octanol–water partition coefficient (Wildman–Crippen LogP) is -0.300. The third-order valence-electron chi connectivity index (χ3n) is 3.09. The van der Waals surface area contributed by atoms with Gasteiger partial charge < -0.3 is 0 Å². The normalized spacial score (nSPS) is 8.80. The van der Waals surface area contributed by atoms with Gasteiger partial charge in [-0.3, -0.25) is 0 Å². The third-order valence-corrected chi connectivity index (χ3v) is 4.62. The zero-order valence-corrected chi connectivity index (χ0v) is 13.3. The van der Waals surface area contributed by atoms with E-state index in [9.17, 15) is 0 Å². The lowest BCUT2D eigenvalue weighted by molar-refractivity contribution is 1.29. The number of rotatable bonds is 0. The van der Waals surface area contributed by atoms with Crippen LogP contribution in [0.3, 0.4) is 0 Å². The molecule has 0 aliphatic rings. The maximum absolute atomic E-state index is 9.05. The van der Waals surface area contributed by atoms with E-state index in [0.717, 1.165) is 11.1 Å². The first-order valence-electron chi connectivity index (χ1n) is 5.47. The Kier molecular flexibility index (Phi) is 4.98. The molecule has 0 aliphatic heterocycles. The van der Waals surface area contributed by atoms with E-state index >= 15 is 0 Å². The molecule has 1 aromatic carbocycles. The fraction of sp³-hybridized carbons (Fsp3) is 0.143. The van der Waals surface area contributed by atoms with Crippen LogP contribution in [0, 0.1) is 59.2 Å². The second-order valence-electron chi connectivity index (χ2n) is 4.02. The Balaban J connectivity index is 4.35. The summed E-state index contributed by atoms with van der Waals surface area (Å²) in [5.41, 5.74) is 1.47. The quantitative estimate of drug-likeness (QED) is 0.614. The molecular formula is C14H10N4P2. The van der Waals surface area contributed by atoms with Gasteiger partial charge in [-0.05, 0) is 35.6 Å². The average Bonchev–Trinajstić information content (AvgIpc) is 2.46. The minimum atomic E-state index is 0.0151. The topological polar surface area (TPSA) is 95.2 Å². The van der Waals surface area contributed by atoms with Gasteiger partial charge in [0.05, 0.1) is 0 Å². The Morgan fingerprint density at radius 3 is 1.15 bits per heavy atom. The maximum atomic E-state index is 9.05. The zero-order valence-electron chi connectivity index (χ0n) is 10.9. The Morgan fingerprint density at radius 2 is 0.950 bits per heavy atom. The summed E-state index contributed by atoms with van der Waals surface area (Å²) in [5, 5.41) is 38.5. The Morgan fingerprint density at radius 1 is 0.700 bits per heavy atom. The van der Waals surface area contributed by atoms with Crippen LogP contribution in [0.4, 0.5) is 0 Å². The Labute approximate surface area is 121 Å². The highest BCUT2D eigenvalue weighted by molar-refractivity contribution is 7.35. The molecule has 0 heterocycles. The van der Waals surface area contributed by atoms with Gasteiger partial charge in [0, 0.05) is 10.4 Å². The second kappa shape index (κ2) is 6.29. The van der Waals surface area contributed by atoms with Crippen molar-refractivity contribution in [3.05, 3.63) is 21.6 Å². The average molecular weight is 296 g/mol. The second-order valence-corrected chi connectivity index (χ2v) is 5.18. The lowest BCUT2D eigenvalue weighted by Gasteiger charge is -2.10. The highest BCUT2D eigenvalue weighted by atomic mass is 31.0. The van der Waals surface area contributed by atoms with Crippen LogP contribution in [0.15, 0.2) is 0 Å². The standard InChI is InChI=1S/C14H10N4P2/c1-7-8(2)12(10(5-17)6-18)14(20)13(19)11(7)9(3-15)4-16/h19-20H2,1-2H3. The molecule has 0 saturated carbocycles. The van der Waals surface area contributed by atoms with Crippen molar-refractivity contribution >= 4 is 40.2 Å². The lowest BCUT2D eigenvalue weighted by atomic mass is 9.99. The fourth-order valence-electron chi connectivity index (χ4n) is 1.97. The van der Waals surface area contributed by atoms with Gasteiger partial charge in [0.15, 0.2) is 0 Å². The molecule has 2 atom stereocenters. The molecule has 0 radical (unpaired) electrons. The van der Waals surface area contributed by atoms with E-state index in [4.69, 9.17) is 21.0 Å². The molecule has 1 aromatic rings. The molecule has 0 fully saturated rings. The highest BCUT2D eigenvalue weighted by Gasteiger charge is 2.12. The van der Waals surface area contributed by atoms with E-state index < -0.39 is 0 Å². The SMILES string of the molecule is Cc1c(C)c(=C(C#N)C#N)c(P)c(P)c1=C(C#N)C#N. The minimum Gasteiger partial charge on any atom is -0.192 e. The van der Waals surface area contributed by atoms with Crippen LogP contribution in [-0.2, 0) is 0 Å². The summed E-state index contributed by atoms with van der Waals surface area (Å²) >= 11 is 0. The molecule has 0 bridgehead atoms. The van der Waals surface area contributed by atoms with Gasteiger partial charge in [-0.25, -0.2) is 0 Å². The van der Waals surface area contributed by atoms with E-state index in [1.807, 2.05) is 24.3 Å². The van der Waals surface area contributed by atoms with Crippen LogP contribution in [0.1, 0.15) is 11.1 Å². The Hall–Kier alpha value is -2.22. The van der Waals surface area contributed by atoms with E-state index in [1.165, 1.54) is 0 Å². The Bertz CT molecular complexity index is 742. The zero-order chi connectivity index (χ0) is 15.4. The molecular weight excluding hydrogens is 286 g/mol. The van der Waals surface area contributed by atoms with Crippen molar-refractivity contribution in [3.63, 3.8) is 0 Å². The van der Waals surface area contributed by atoms with Crippen molar-refractivity contribution in [2.24, 2.45) is 0 Å². The predicted molar refractivity (Wildman–Crippen MR) is 83.1 cm³/mol. The summed E-state index contributed by atoms with van der Waals surface area (Å²) in [6.07, 6.45) is 0. The van der Waals surface area contributed by atoms with Crippen molar-refractivity contribution in [1.82, 2.24) is 0 Å². The molecule has 0 N–H and O–H groups in total. The first-order valence-corrected chi connectivity index (χ1v) is 6.63. The van der Waals surface area contributed by atoms with Gasteiger partial charge in [0.2, 0.25) is 0 Å². The maximum Gasteiger partial charge on any atom is 0.137 e. The van der Waals surface area contributed by atoms with E-state index in [2.05, 4.69) is 18.5 Å². The molecule has 0 saturated heterocycles. The van der Waals surface area contributed by atoms with Crippen molar-refractivity contribution < 1.29 is 0 Å². The van der Waals surface area contributed by atoms with E-state index in [-0.39, 0.29) is 11.1 Å². The molecule has 0 aromatic heterocycles. The van der Waals surface area contributed by atoms with Gasteiger partial charge in [0.25, 0.3) is 0 Å². The highest BCUT2D eigenvalue weighted by Crippen LogP contribution is 2.01. The summed E-state index contributed by atoms with van der Waals surface area (Å²) in [4.78, 5) is 0. The largest absolute Gasteiger partial charge is 0.192 e. The summed E-state index contributed by atoms with van der Waals surface area (Å²) in [5.74, 6) is 0. The smallest absolute Gasteiger partial charge is 0.137 e.